The van der Waals surface area contributed by atoms with Gasteiger partial charge in [-0.15, -0.1) is 0 Å². The van der Waals surface area contributed by atoms with E-state index < -0.39 is 0 Å². The second-order valence-corrected chi connectivity index (χ2v) is 13.5. The zero-order valence-corrected chi connectivity index (χ0v) is 27.5. The summed E-state index contributed by atoms with van der Waals surface area (Å²) < 4.78 is 6.44. The first-order chi connectivity index (χ1) is 25.2. The van der Waals surface area contributed by atoms with Gasteiger partial charge in [-0.2, -0.15) is 0 Å². The van der Waals surface area contributed by atoms with E-state index in [1.807, 2.05) is 24.3 Å². The van der Waals surface area contributed by atoms with E-state index in [9.17, 15) is 4.79 Å². The summed E-state index contributed by atoms with van der Waals surface area (Å²) in [6.45, 7) is 0. The van der Waals surface area contributed by atoms with Gasteiger partial charge in [0, 0.05) is 0 Å². The minimum atomic E-state index is -0.0268. The van der Waals surface area contributed by atoms with Gasteiger partial charge in [0.2, 0.25) is 5.43 Å². The monoisotopic (exact) mass is 648 g/mol. The first-order valence-electron chi connectivity index (χ1n) is 17.4. The maximum absolute atomic E-state index is 14.5. The van der Waals surface area contributed by atoms with Crippen LogP contribution >= 0.6 is 0 Å². The summed E-state index contributed by atoms with van der Waals surface area (Å²) in [5.41, 5.74) is 5.32. The molecule has 0 aliphatic carbocycles. The highest BCUT2D eigenvalue weighted by molar-refractivity contribution is 6.29. The van der Waals surface area contributed by atoms with Crippen LogP contribution in [0.1, 0.15) is 0 Å². The molecule has 11 aromatic rings. The standard InChI is InChI=1S/C49H28O2/c50-49-43-27-29(31-19-9-21-41-37-13-3-1-11-33(37)35-15-5-7-17-39(35)47(31)41)23-25-45(43)51-46-26-24-30(28-44(46)49)32-20-10-22-42-38-14-4-2-12-34(38)36-16-6-8-18-40(36)48(32)42/h1-28H. The third-order valence-corrected chi connectivity index (χ3v) is 10.8. The van der Waals surface area contributed by atoms with Crippen LogP contribution in [0.2, 0.25) is 0 Å². The van der Waals surface area contributed by atoms with Gasteiger partial charge in [-0.3, -0.25) is 4.79 Å². The molecule has 1 aromatic heterocycles. The second-order valence-electron chi connectivity index (χ2n) is 13.5. The Bertz CT molecular complexity index is 3020. The minimum absolute atomic E-state index is 0.0268. The van der Waals surface area contributed by atoms with E-state index in [4.69, 9.17) is 4.42 Å². The summed E-state index contributed by atoms with van der Waals surface area (Å²) in [6, 6.07) is 59.5. The molecule has 236 valence electrons. The lowest BCUT2D eigenvalue weighted by Gasteiger charge is -2.15. The molecule has 51 heavy (non-hydrogen) atoms. The summed E-state index contributed by atoms with van der Waals surface area (Å²) in [5.74, 6) is 0. The van der Waals surface area contributed by atoms with E-state index in [2.05, 4.69) is 146 Å². The molecular formula is C49H28O2. The van der Waals surface area contributed by atoms with Crippen molar-refractivity contribution < 1.29 is 4.42 Å². The number of rotatable bonds is 2. The molecule has 0 saturated heterocycles. The predicted molar refractivity (Wildman–Crippen MR) is 216 cm³/mol. The van der Waals surface area contributed by atoms with Crippen LogP contribution in [0.4, 0.5) is 0 Å². The molecule has 10 aromatic carbocycles. The van der Waals surface area contributed by atoms with Crippen molar-refractivity contribution in [2.75, 3.05) is 0 Å². The van der Waals surface area contributed by atoms with Gasteiger partial charge in [0.05, 0.1) is 10.8 Å². The van der Waals surface area contributed by atoms with Gasteiger partial charge in [0.15, 0.2) is 0 Å². The summed E-state index contributed by atoms with van der Waals surface area (Å²) in [4.78, 5) is 14.5. The number of hydrogen-bond donors (Lipinski definition) is 0. The molecule has 0 spiro atoms. The molecule has 0 atom stereocenters. The van der Waals surface area contributed by atoms with E-state index in [1.165, 1.54) is 64.6 Å². The van der Waals surface area contributed by atoms with Crippen molar-refractivity contribution in [1.29, 1.82) is 0 Å². The Morgan fingerprint density at radius 3 is 0.980 bits per heavy atom. The van der Waals surface area contributed by atoms with Crippen LogP contribution in [-0.2, 0) is 0 Å². The quantitative estimate of drug-likeness (QED) is 0.138. The molecule has 0 N–H and O–H groups in total. The second kappa shape index (κ2) is 10.6. The van der Waals surface area contributed by atoms with Crippen LogP contribution in [0, 0.1) is 0 Å². The third-order valence-electron chi connectivity index (χ3n) is 10.8. The maximum Gasteiger partial charge on any atom is 0.200 e. The lowest BCUT2D eigenvalue weighted by atomic mass is 9.89. The molecular weight excluding hydrogens is 621 g/mol. The van der Waals surface area contributed by atoms with Crippen molar-refractivity contribution in [2.45, 2.75) is 0 Å². The van der Waals surface area contributed by atoms with Crippen LogP contribution < -0.4 is 5.43 Å². The molecule has 0 amide bonds. The normalized spacial score (nSPS) is 12.0. The Balaban J connectivity index is 1.15. The van der Waals surface area contributed by atoms with E-state index in [1.54, 1.807) is 0 Å². The van der Waals surface area contributed by atoms with Crippen LogP contribution in [0.3, 0.4) is 0 Å². The Hall–Kier alpha value is -6.77. The van der Waals surface area contributed by atoms with Crippen molar-refractivity contribution in [2.24, 2.45) is 0 Å². The van der Waals surface area contributed by atoms with E-state index >= 15 is 0 Å². The zero-order valence-electron chi connectivity index (χ0n) is 27.5. The highest BCUT2D eigenvalue weighted by Gasteiger charge is 2.17. The van der Waals surface area contributed by atoms with Crippen molar-refractivity contribution in [3.05, 3.63) is 180 Å². The number of benzene rings is 10. The van der Waals surface area contributed by atoms with Crippen LogP contribution in [0.5, 0.6) is 0 Å². The Morgan fingerprint density at radius 1 is 0.294 bits per heavy atom. The number of fused-ring (bicyclic) bond motifs is 14. The van der Waals surface area contributed by atoms with E-state index in [0.717, 1.165) is 22.3 Å². The topological polar surface area (TPSA) is 30.2 Å². The van der Waals surface area contributed by atoms with Gasteiger partial charge in [0.1, 0.15) is 11.2 Å². The molecule has 0 bridgehead atoms. The first kappa shape index (κ1) is 28.1. The molecule has 0 unspecified atom stereocenters. The third kappa shape index (κ3) is 4.02. The molecule has 0 fully saturated rings. The van der Waals surface area contributed by atoms with Crippen molar-refractivity contribution >= 4 is 86.6 Å². The fraction of sp³-hybridized carbons (Fsp3) is 0. The minimum Gasteiger partial charge on any atom is -0.456 e. The van der Waals surface area contributed by atoms with Crippen LogP contribution in [0.25, 0.3) is 109 Å². The van der Waals surface area contributed by atoms with Crippen LogP contribution in [-0.4, -0.2) is 0 Å². The van der Waals surface area contributed by atoms with E-state index in [0.29, 0.717) is 21.9 Å². The van der Waals surface area contributed by atoms with Gasteiger partial charge in [-0.05, 0) is 111 Å². The molecule has 0 radical (unpaired) electrons. The summed E-state index contributed by atoms with van der Waals surface area (Å²) in [7, 11) is 0. The smallest absolute Gasteiger partial charge is 0.200 e. The molecule has 2 nitrogen and oxygen atoms in total. The highest BCUT2D eigenvalue weighted by Crippen LogP contribution is 2.42. The predicted octanol–water partition coefficient (Wildman–Crippen LogP) is 13.2. The highest BCUT2D eigenvalue weighted by atomic mass is 16.3. The molecule has 0 aliphatic heterocycles. The zero-order chi connectivity index (χ0) is 33.6. The van der Waals surface area contributed by atoms with Gasteiger partial charge < -0.3 is 4.42 Å². The fourth-order valence-electron chi connectivity index (χ4n) is 8.58. The van der Waals surface area contributed by atoms with Crippen LogP contribution in [0.15, 0.2) is 179 Å². The van der Waals surface area contributed by atoms with Gasteiger partial charge in [-0.1, -0.05) is 146 Å². The SMILES string of the molecule is O=c1c2cc(-c3cccc4c5ccccc5c5ccccc5c34)ccc2oc2ccc(-c3cccc4c5ccccc5c5ccccc5c34)cc12. The van der Waals surface area contributed by atoms with Crippen molar-refractivity contribution in [3.63, 3.8) is 0 Å². The van der Waals surface area contributed by atoms with Crippen molar-refractivity contribution in [3.8, 4) is 22.3 Å². The largest absolute Gasteiger partial charge is 0.456 e. The molecule has 0 saturated carbocycles. The maximum atomic E-state index is 14.5. The van der Waals surface area contributed by atoms with Gasteiger partial charge in [0.25, 0.3) is 0 Å². The Morgan fingerprint density at radius 2 is 0.608 bits per heavy atom. The van der Waals surface area contributed by atoms with Crippen molar-refractivity contribution in [1.82, 2.24) is 0 Å². The van der Waals surface area contributed by atoms with E-state index in [-0.39, 0.29) is 5.43 Å². The lowest BCUT2D eigenvalue weighted by molar-refractivity contribution is 0.660. The molecule has 0 aliphatic rings. The number of hydrogen-bond acceptors (Lipinski definition) is 2. The summed E-state index contributed by atoms with van der Waals surface area (Å²) >= 11 is 0. The van der Waals surface area contributed by atoms with Gasteiger partial charge >= 0.3 is 0 Å². The fourth-order valence-corrected chi connectivity index (χ4v) is 8.58. The average Bonchev–Trinajstić information content (AvgIpc) is 3.20. The average molecular weight is 649 g/mol. The Labute approximate surface area is 292 Å². The molecule has 2 heteroatoms. The summed E-state index contributed by atoms with van der Waals surface area (Å²) in [5, 5.41) is 15.7. The Kier molecular flexibility index (Phi) is 5.85. The summed E-state index contributed by atoms with van der Waals surface area (Å²) in [6.07, 6.45) is 0. The first-order valence-corrected chi connectivity index (χ1v) is 17.4. The van der Waals surface area contributed by atoms with Gasteiger partial charge in [-0.25, -0.2) is 0 Å². The molecule has 11 rings (SSSR count). The molecule has 1 heterocycles. The lowest BCUT2D eigenvalue weighted by Crippen LogP contribution is -2.02.